The van der Waals surface area contributed by atoms with E-state index in [1.807, 2.05) is 6.07 Å². The number of nitro benzene ring substituents is 1. The summed E-state index contributed by atoms with van der Waals surface area (Å²) in [5, 5.41) is 25.3. The predicted molar refractivity (Wildman–Crippen MR) is 91.7 cm³/mol. The lowest BCUT2D eigenvalue weighted by Gasteiger charge is -2.09. The number of amides is 1. The largest absolute Gasteiger partial charge is 0.506 e. The van der Waals surface area contributed by atoms with E-state index in [1.54, 1.807) is 24.3 Å². The number of carbonyl (C=O) groups is 1. The topological polar surface area (TPSA) is 92.5 Å². The van der Waals surface area contributed by atoms with Crippen LogP contribution in [0.5, 0.6) is 5.75 Å². The molecule has 0 aliphatic carbocycles. The highest BCUT2D eigenvalue weighted by atomic mass is 35.5. The van der Waals surface area contributed by atoms with Crippen molar-refractivity contribution in [1.29, 1.82) is 0 Å². The molecule has 3 aromatic rings. The Morgan fingerprint density at radius 3 is 2.62 bits per heavy atom. The first-order valence-corrected chi connectivity index (χ1v) is 7.31. The average molecular weight is 343 g/mol. The highest BCUT2D eigenvalue weighted by Crippen LogP contribution is 2.31. The number of phenols is 1. The third-order valence-electron chi connectivity index (χ3n) is 3.55. The number of phenolic OH excluding ortho intramolecular Hbond substituents is 1. The Kier molecular flexibility index (Phi) is 4.05. The molecule has 120 valence electrons. The van der Waals surface area contributed by atoms with E-state index in [-0.39, 0.29) is 27.7 Å². The van der Waals surface area contributed by atoms with Crippen LogP contribution in [0.25, 0.3) is 10.8 Å². The van der Waals surface area contributed by atoms with Gasteiger partial charge in [-0.25, -0.2) is 0 Å². The van der Waals surface area contributed by atoms with Crippen LogP contribution in [0.3, 0.4) is 0 Å². The first-order chi connectivity index (χ1) is 11.5. The molecule has 7 heteroatoms. The molecule has 2 N–H and O–H groups in total. The number of fused-ring (bicyclic) bond motifs is 1. The number of carbonyl (C=O) groups excluding carboxylic acids is 1. The molecule has 0 aromatic heterocycles. The number of aromatic hydroxyl groups is 1. The van der Waals surface area contributed by atoms with Crippen molar-refractivity contribution in [3.8, 4) is 5.75 Å². The highest BCUT2D eigenvalue weighted by Gasteiger charge is 2.19. The molecule has 0 radical (unpaired) electrons. The second kappa shape index (κ2) is 6.17. The first kappa shape index (κ1) is 15.8. The maximum Gasteiger partial charge on any atom is 0.294 e. The van der Waals surface area contributed by atoms with Crippen LogP contribution in [0.1, 0.15) is 10.4 Å². The number of hydrogen-bond donors (Lipinski definition) is 2. The Morgan fingerprint density at radius 1 is 1.12 bits per heavy atom. The summed E-state index contributed by atoms with van der Waals surface area (Å²) in [5.41, 5.74) is -0.295. The lowest BCUT2D eigenvalue weighted by molar-refractivity contribution is -0.383. The van der Waals surface area contributed by atoms with E-state index in [2.05, 4.69) is 5.32 Å². The third kappa shape index (κ3) is 2.87. The normalized spacial score (nSPS) is 10.5. The Labute approximate surface area is 141 Å². The quantitative estimate of drug-likeness (QED) is 0.546. The van der Waals surface area contributed by atoms with Crippen LogP contribution in [0.15, 0.2) is 54.6 Å². The molecular formula is C17H11ClN2O4. The molecule has 0 fully saturated rings. The second-order valence-corrected chi connectivity index (χ2v) is 5.49. The van der Waals surface area contributed by atoms with Gasteiger partial charge in [-0.2, -0.15) is 0 Å². The predicted octanol–water partition coefficient (Wildman–Crippen LogP) is 4.36. The van der Waals surface area contributed by atoms with Crippen molar-refractivity contribution in [2.24, 2.45) is 0 Å². The molecule has 0 unspecified atom stereocenters. The standard InChI is InChI=1S/C17H11ClN2O4/c18-11-6-8-14(15(9-11)20(23)24)19-17(22)13-7-5-10-3-1-2-4-12(10)16(13)21/h1-9,21H,(H,19,22). The van der Waals surface area contributed by atoms with Gasteiger partial charge >= 0.3 is 0 Å². The van der Waals surface area contributed by atoms with Gasteiger partial charge in [-0.3, -0.25) is 14.9 Å². The van der Waals surface area contributed by atoms with Crippen LogP contribution in [-0.2, 0) is 0 Å². The maximum atomic E-state index is 12.4. The van der Waals surface area contributed by atoms with Gasteiger partial charge < -0.3 is 10.4 Å². The number of halogens is 1. The van der Waals surface area contributed by atoms with Crippen molar-refractivity contribution in [3.05, 3.63) is 75.3 Å². The number of nitrogens with one attached hydrogen (secondary N) is 1. The molecule has 0 atom stereocenters. The van der Waals surface area contributed by atoms with Crippen molar-refractivity contribution < 1.29 is 14.8 Å². The summed E-state index contributed by atoms with van der Waals surface area (Å²) in [4.78, 5) is 22.9. The van der Waals surface area contributed by atoms with E-state index in [0.29, 0.717) is 5.39 Å². The van der Waals surface area contributed by atoms with E-state index in [0.717, 1.165) is 11.5 Å². The maximum absolute atomic E-state index is 12.4. The molecule has 3 aromatic carbocycles. The summed E-state index contributed by atoms with van der Waals surface area (Å²) in [6, 6.07) is 14.1. The summed E-state index contributed by atoms with van der Waals surface area (Å²) in [6.07, 6.45) is 0. The van der Waals surface area contributed by atoms with Crippen molar-refractivity contribution in [2.75, 3.05) is 5.32 Å². The zero-order valence-electron chi connectivity index (χ0n) is 12.2. The van der Waals surface area contributed by atoms with E-state index < -0.39 is 10.8 Å². The minimum absolute atomic E-state index is 0.00181. The van der Waals surface area contributed by atoms with Gasteiger partial charge in [0.1, 0.15) is 11.4 Å². The Balaban J connectivity index is 1.99. The zero-order chi connectivity index (χ0) is 17.3. The fourth-order valence-electron chi connectivity index (χ4n) is 2.39. The van der Waals surface area contributed by atoms with Crippen LogP contribution in [0, 0.1) is 10.1 Å². The third-order valence-corrected chi connectivity index (χ3v) is 3.78. The molecule has 1 amide bonds. The number of hydrogen-bond acceptors (Lipinski definition) is 4. The fourth-order valence-corrected chi connectivity index (χ4v) is 2.56. The van der Waals surface area contributed by atoms with Crippen LogP contribution < -0.4 is 5.32 Å². The van der Waals surface area contributed by atoms with Gasteiger partial charge in [0.05, 0.1) is 10.5 Å². The zero-order valence-corrected chi connectivity index (χ0v) is 12.9. The Hall–Kier alpha value is -3.12. The SMILES string of the molecule is O=C(Nc1ccc(Cl)cc1[N+](=O)[O-])c1ccc2ccccc2c1O. The van der Waals surface area contributed by atoms with E-state index in [4.69, 9.17) is 11.6 Å². The Morgan fingerprint density at radius 2 is 1.88 bits per heavy atom. The number of nitro groups is 1. The smallest absolute Gasteiger partial charge is 0.294 e. The number of rotatable bonds is 3. The Bertz CT molecular complexity index is 972. The van der Waals surface area contributed by atoms with Crippen molar-refractivity contribution in [2.45, 2.75) is 0 Å². The van der Waals surface area contributed by atoms with Crippen LogP contribution in [0.4, 0.5) is 11.4 Å². The monoisotopic (exact) mass is 342 g/mol. The molecule has 0 spiro atoms. The number of anilines is 1. The molecule has 24 heavy (non-hydrogen) atoms. The van der Waals surface area contributed by atoms with Gasteiger partial charge in [-0.05, 0) is 23.6 Å². The second-order valence-electron chi connectivity index (χ2n) is 5.06. The average Bonchev–Trinajstić information content (AvgIpc) is 2.56. The molecule has 0 heterocycles. The molecular weight excluding hydrogens is 332 g/mol. The van der Waals surface area contributed by atoms with Gasteiger partial charge in [0.15, 0.2) is 0 Å². The fraction of sp³-hybridized carbons (Fsp3) is 0. The summed E-state index contributed by atoms with van der Waals surface area (Å²) in [5.74, 6) is -0.828. The molecule has 0 saturated heterocycles. The summed E-state index contributed by atoms with van der Waals surface area (Å²) >= 11 is 5.75. The molecule has 6 nitrogen and oxygen atoms in total. The molecule has 0 aliphatic rings. The van der Waals surface area contributed by atoms with Gasteiger partial charge in [0.25, 0.3) is 11.6 Å². The lowest BCUT2D eigenvalue weighted by Crippen LogP contribution is -2.13. The van der Waals surface area contributed by atoms with Gasteiger partial charge in [0.2, 0.25) is 0 Å². The van der Waals surface area contributed by atoms with Gasteiger partial charge in [0, 0.05) is 16.5 Å². The number of benzene rings is 3. The highest BCUT2D eigenvalue weighted by molar-refractivity contribution is 6.31. The lowest BCUT2D eigenvalue weighted by atomic mass is 10.0. The molecule has 0 aliphatic heterocycles. The summed E-state index contributed by atoms with van der Waals surface area (Å²) in [7, 11) is 0. The van der Waals surface area contributed by atoms with E-state index >= 15 is 0 Å². The van der Waals surface area contributed by atoms with Crippen LogP contribution >= 0.6 is 11.6 Å². The molecule has 3 rings (SSSR count). The first-order valence-electron chi connectivity index (χ1n) is 6.93. The van der Waals surface area contributed by atoms with Gasteiger partial charge in [-0.1, -0.05) is 41.9 Å². The van der Waals surface area contributed by atoms with Crippen LogP contribution in [-0.4, -0.2) is 15.9 Å². The summed E-state index contributed by atoms with van der Waals surface area (Å²) < 4.78 is 0. The molecule has 0 saturated carbocycles. The van der Waals surface area contributed by atoms with Crippen LogP contribution in [0.2, 0.25) is 5.02 Å². The van der Waals surface area contributed by atoms with Crippen molar-refractivity contribution >= 4 is 39.7 Å². The van der Waals surface area contributed by atoms with E-state index in [9.17, 15) is 20.0 Å². The summed E-state index contributed by atoms with van der Waals surface area (Å²) in [6.45, 7) is 0. The van der Waals surface area contributed by atoms with Gasteiger partial charge in [-0.15, -0.1) is 0 Å². The van der Waals surface area contributed by atoms with Crippen molar-refractivity contribution in [1.82, 2.24) is 0 Å². The van der Waals surface area contributed by atoms with Crippen molar-refractivity contribution in [3.63, 3.8) is 0 Å². The minimum atomic E-state index is -0.649. The molecule has 0 bridgehead atoms. The number of nitrogens with zero attached hydrogens (tertiary/aromatic N) is 1. The minimum Gasteiger partial charge on any atom is -0.506 e. The van der Waals surface area contributed by atoms with E-state index in [1.165, 1.54) is 18.2 Å².